The van der Waals surface area contributed by atoms with Crippen LogP contribution in [0.25, 0.3) is 11.1 Å². The fourth-order valence-electron chi connectivity index (χ4n) is 1.88. The van der Waals surface area contributed by atoms with Crippen LogP contribution >= 0.6 is 0 Å². The van der Waals surface area contributed by atoms with E-state index in [1.807, 2.05) is 31.2 Å². The van der Waals surface area contributed by atoms with Gasteiger partial charge in [-0.05, 0) is 36.2 Å². The van der Waals surface area contributed by atoms with Crippen molar-refractivity contribution in [1.29, 1.82) is 0 Å². The molecule has 2 N–H and O–H groups in total. The van der Waals surface area contributed by atoms with Gasteiger partial charge in [-0.15, -0.1) is 0 Å². The first-order chi connectivity index (χ1) is 8.60. The van der Waals surface area contributed by atoms with Gasteiger partial charge in [-0.1, -0.05) is 29.8 Å². The van der Waals surface area contributed by atoms with Crippen LogP contribution in [0.4, 0.5) is 5.69 Å². The summed E-state index contributed by atoms with van der Waals surface area (Å²) in [6.07, 6.45) is 0. The van der Waals surface area contributed by atoms with Gasteiger partial charge in [-0.2, -0.15) is 0 Å². The third-order valence-electron chi connectivity index (χ3n) is 2.73. The number of esters is 1. The maximum Gasteiger partial charge on any atom is 0.337 e. The second-order valence-electron chi connectivity index (χ2n) is 4.20. The summed E-state index contributed by atoms with van der Waals surface area (Å²) in [7, 11) is 1.36. The van der Waals surface area contributed by atoms with Gasteiger partial charge < -0.3 is 10.5 Å². The fourth-order valence-corrected chi connectivity index (χ4v) is 1.88. The van der Waals surface area contributed by atoms with Gasteiger partial charge in [0.25, 0.3) is 0 Å². The number of nitrogen functional groups attached to an aromatic ring is 1. The standard InChI is InChI=1S/C15H15NO2/c1-10-4-3-5-11(6-10)12-7-13(15(17)18-2)9-14(16)8-12/h3-9H,16H2,1-2H3. The van der Waals surface area contributed by atoms with Gasteiger partial charge in [0.15, 0.2) is 0 Å². The zero-order valence-electron chi connectivity index (χ0n) is 10.4. The quantitative estimate of drug-likeness (QED) is 0.649. The number of benzene rings is 2. The number of hydrogen-bond acceptors (Lipinski definition) is 3. The van der Waals surface area contributed by atoms with Gasteiger partial charge in [0.05, 0.1) is 12.7 Å². The van der Waals surface area contributed by atoms with Gasteiger partial charge in [0.2, 0.25) is 0 Å². The van der Waals surface area contributed by atoms with Gasteiger partial charge in [0.1, 0.15) is 0 Å². The van der Waals surface area contributed by atoms with Crippen molar-refractivity contribution in [3.05, 3.63) is 53.6 Å². The Hall–Kier alpha value is -2.29. The third kappa shape index (κ3) is 2.51. The summed E-state index contributed by atoms with van der Waals surface area (Å²) in [5, 5.41) is 0. The molecule has 0 saturated carbocycles. The molecule has 2 aromatic rings. The summed E-state index contributed by atoms with van der Waals surface area (Å²) in [6, 6.07) is 13.3. The Labute approximate surface area is 106 Å². The number of ether oxygens (including phenoxy) is 1. The Morgan fingerprint density at radius 3 is 2.56 bits per heavy atom. The molecule has 0 bridgehead atoms. The maximum absolute atomic E-state index is 11.5. The first-order valence-corrected chi connectivity index (χ1v) is 5.66. The Bertz CT molecular complexity index is 591. The number of rotatable bonds is 2. The molecule has 2 rings (SSSR count). The average molecular weight is 241 g/mol. The van der Waals surface area contributed by atoms with E-state index in [4.69, 9.17) is 10.5 Å². The molecule has 18 heavy (non-hydrogen) atoms. The van der Waals surface area contributed by atoms with Crippen LogP contribution in [-0.4, -0.2) is 13.1 Å². The molecule has 0 heterocycles. The second kappa shape index (κ2) is 4.92. The lowest BCUT2D eigenvalue weighted by Crippen LogP contribution is -2.02. The highest BCUT2D eigenvalue weighted by Gasteiger charge is 2.08. The lowest BCUT2D eigenvalue weighted by Gasteiger charge is -2.07. The minimum Gasteiger partial charge on any atom is -0.465 e. The molecule has 0 saturated heterocycles. The Morgan fingerprint density at radius 1 is 1.11 bits per heavy atom. The van der Waals surface area contributed by atoms with E-state index in [1.165, 1.54) is 7.11 Å². The van der Waals surface area contributed by atoms with E-state index in [2.05, 4.69) is 6.07 Å². The normalized spacial score (nSPS) is 10.1. The van der Waals surface area contributed by atoms with Crippen LogP contribution in [0.3, 0.4) is 0 Å². The minimum absolute atomic E-state index is 0.379. The summed E-state index contributed by atoms with van der Waals surface area (Å²) in [4.78, 5) is 11.5. The fraction of sp³-hybridized carbons (Fsp3) is 0.133. The van der Waals surface area contributed by atoms with Crippen LogP contribution < -0.4 is 5.73 Å². The largest absolute Gasteiger partial charge is 0.465 e. The molecule has 3 nitrogen and oxygen atoms in total. The molecule has 2 aromatic carbocycles. The van der Waals surface area contributed by atoms with Gasteiger partial charge in [-0.3, -0.25) is 0 Å². The molecule has 3 heteroatoms. The highest BCUT2D eigenvalue weighted by molar-refractivity contribution is 5.92. The lowest BCUT2D eigenvalue weighted by molar-refractivity contribution is 0.0601. The monoisotopic (exact) mass is 241 g/mol. The van der Waals surface area contributed by atoms with Gasteiger partial charge >= 0.3 is 5.97 Å². The number of carbonyl (C=O) groups excluding carboxylic acids is 1. The van der Waals surface area contributed by atoms with Crippen LogP contribution in [0, 0.1) is 6.92 Å². The van der Waals surface area contributed by atoms with E-state index in [0.29, 0.717) is 11.3 Å². The highest BCUT2D eigenvalue weighted by atomic mass is 16.5. The van der Waals surface area contributed by atoms with Crippen LogP contribution in [0.15, 0.2) is 42.5 Å². The Morgan fingerprint density at radius 2 is 1.89 bits per heavy atom. The topological polar surface area (TPSA) is 52.3 Å². The maximum atomic E-state index is 11.5. The molecule has 0 aliphatic heterocycles. The van der Waals surface area contributed by atoms with E-state index in [-0.39, 0.29) is 5.97 Å². The SMILES string of the molecule is COC(=O)c1cc(N)cc(-c2cccc(C)c2)c1. The molecule has 0 unspecified atom stereocenters. The third-order valence-corrected chi connectivity index (χ3v) is 2.73. The molecule has 0 spiro atoms. The molecule has 92 valence electrons. The smallest absolute Gasteiger partial charge is 0.337 e. The van der Waals surface area contributed by atoms with E-state index in [0.717, 1.165) is 16.7 Å². The van der Waals surface area contributed by atoms with Crippen molar-refractivity contribution < 1.29 is 9.53 Å². The van der Waals surface area contributed by atoms with Crippen LogP contribution in [-0.2, 0) is 4.74 Å². The van der Waals surface area contributed by atoms with Gasteiger partial charge in [-0.25, -0.2) is 4.79 Å². The average Bonchev–Trinajstić information content (AvgIpc) is 2.37. The molecular weight excluding hydrogens is 226 g/mol. The number of anilines is 1. The van der Waals surface area contributed by atoms with Crippen LogP contribution in [0.1, 0.15) is 15.9 Å². The number of hydrogen-bond donors (Lipinski definition) is 1. The Kier molecular flexibility index (Phi) is 3.33. The molecule has 0 aliphatic carbocycles. The second-order valence-corrected chi connectivity index (χ2v) is 4.20. The molecule has 0 fully saturated rings. The number of nitrogens with two attached hydrogens (primary N) is 1. The molecule has 0 amide bonds. The molecular formula is C15H15NO2. The van der Waals surface area contributed by atoms with E-state index >= 15 is 0 Å². The van der Waals surface area contributed by atoms with E-state index in [9.17, 15) is 4.79 Å². The summed E-state index contributed by atoms with van der Waals surface area (Å²) in [5.74, 6) is -0.379. The van der Waals surface area contributed by atoms with Crippen molar-refractivity contribution in [2.75, 3.05) is 12.8 Å². The number of methoxy groups -OCH3 is 1. The molecule has 0 radical (unpaired) electrons. The first kappa shape index (κ1) is 12.2. The number of carbonyl (C=O) groups is 1. The van der Waals surface area contributed by atoms with Crippen molar-refractivity contribution in [2.24, 2.45) is 0 Å². The molecule has 0 aromatic heterocycles. The zero-order chi connectivity index (χ0) is 13.1. The first-order valence-electron chi connectivity index (χ1n) is 5.66. The van der Waals surface area contributed by atoms with E-state index in [1.54, 1.807) is 12.1 Å². The van der Waals surface area contributed by atoms with Crippen molar-refractivity contribution in [3.8, 4) is 11.1 Å². The van der Waals surface area contributed by atoms with E-state index < -0.39 is 0 Å². The lowest BCUT2D eigenvalue weighted by atomic mass is 10.0. The van der Waals surface area contributed by atoms with Crippen LogP contribution in [0.5, 0.6) is 0 Å². The van der Waals surface area contributed by atoms with Crippen molar-refractivity contribution in [3.63, 3.8) is 0 Å². The molecule has 0 atom stereocenters. The minimum atomic E-state index is -0.379. The summed E-state index contributed by atoms with van der Waals surface area (Å²) < 4.78 is 4.71. The number of aryl methyl sites for hydroxylation is 1. The Balaban J connectivity index is 2.51. The highest BCUT2D eigenvalue weighted by Crippen LogP contribution is 2.24. The summed E-state index contributed by atoms with van der Waals surface area (Å²) in [5.41, 5.74) is 9.95. The van der Waals surface area contributed by atoms with Gasteiger partial charge in [0, 0.05) is 5.69 Å². The predicted molar refractivity (Wildman–Crippen MR) is 72.4 cm³/mol. The van der Waals surface area contributed by atoms with Crippen molar-refractivity contribution >= 4 is 11.7 Å². The molecule has 0 aliphatic rings. The zero-order valence-corrected chi connectivity index (χ0v) is 10.4. The van der Waals surface area contributed by atoms with Crippen molar-refractivity contribution in [2.45, 2.75) is 6.92 Å². The summed E-state index contributed by atoms with van der Waals surface area (Å²) in [6.45, 7) is 2.02. The van der Waals surface area contributed by atoms with Crippen molar-refractivity contribution in [1.82, 2.24) is 0 Å². The van der Waals surface area contributed by atoms with Crippen LogP contribution in [0.2, 0.25) is 0 Å². The summed E-state index contributed by atoms with van der Waals surface area (Å²) >= 11 is 0. The predicted octanol–water partition coefficient (Wildman–Crippen LogP) is 3.03.